The highest BCUT2D eigenvalue weighted by molar-refractivity contribution is 9.10. The first-order chi connectivity index (χ1) is 11.5. The van der Waals surface area contributed by atoms with Crippen LogP contribution in [0.25, 0.3) is 0 Å². The lowest BCUT2D eigenvalue weighted by molar-refractivity contribution is -0.138. The number of imide groups is 1. The van der Waals surface area contributed by atoms with Crippen molar-refractivity contribution in [2.45, 2.75) is 18.3 Å². The fourth-order valence-corrected chi connectivity index (χ4v) is 3.70. The normalized spacial score (nSPS) is 20.5. The molecule has 0 radical (unpaired) electrons. The average molecular weight is 388 g/mol. The Bertz CT molecular complexity index is 787. The van der Waals surface area contributed by atoms with Gasteiger partial charge in [0.1, 0.15) is 5.75 Å². The van der Waals surface area contributed by atoms with Crippen LogP contribution in [0.15, 0.2) is 53.0 Å². The van der Waals surface area contributed by atoms with E-state index < -0.39 is 5.41 Å². The van der Waals surface area contributed by atoms with Crippen molar-refractivity contribution in [3.8, 4) is 5.75 Å². The highest BCUT2D eigenvalue weighted by atomic mass is 79.9. The molecule has 0 aromatic heterocycles. The van der Waals surface area contributed by atoms with Crippen molar-refractivity contribution in [3.63, 3.8) is 0 Å². The smallest absolute Gasteiger partial charge is 0.240 e. The van der Waals surface area contributed by atoms with Crippen LogP contribution in [0.4, 0.5) is 0 Å². The molecule has 4 nitrogen and oxygen atoms in total. The molecule has 2 amide bonds. The minimum Gasteiger partial charge on any atom is -0.497 e. The number of hydrogen-bond donors (Lipinski definition) is 0. The maximum Gasteiger partial charge on any atom is 0.240 e. The average Bonchev–Trinajstić information content (AvgIpc) is 2.80. The lowest BCUT2D eigenvalue weighted by Crippen LogP contribution is -2.38. The maximum absolute atomic E-state index is 12.9. The van der Waals surface area contributed by atoms with Gasteiger partial charge in [0.05, 0.1) is 12.5 Å². The number of benzene rings is 2. The first-order valence-electron chi connectivity index (χ1n) is 7.66. The van der Waals surface area contributed by atoms with Gasteiger partial charge in [0, 0.05) is 17.9 Å². The van der Waals surface area contributed by atoms with Crippen LogP contribution in [0.5, 0.6) is 5.75 Å². The van der Waals surface area contributed by atoms with Crippen molar-refractivity contribution in [1.82, 2.24) is 4.90 Å². The van der Waals surface area contributed by atoms with Crippen LogP contribution in [0.2, 0.25) is 0 Å². The van der Waals surface area contributed by atoms with Gasteiger partial charge in [-0.2, -0.15) is 0 Å². The highest BCUT2D eigenvalue weighted by Gasteiger charge is 2.51. The van der Waals surface area contributed by atoms with Gasteiger partial charge in [0.2, 0.25) is 11.8 Å². The Hall–Kier alpha value is -2.14. The van der Waals surface area contributed by atoms with E-state index >= 15 is 0 Å². The van der Waals surface area contributed by atoms with Crippen molar-refractivity contribution in [2.24, 2.45) is 0 Å². The van der Waals surface area contributed by atoms with E-state index in [4.69, 9.17) is 4.74 Å². The van der Waals surface area contributed by atoms with Crippen LogP contribution in [0.1, 0.15) is 17.5 Å². The fourth-order valence-electron chi connectivity index (χ4n) is 3.26. The molecule has 24 heavy (non-hydrogen) atoms. The summed E-state index contributed by atoms with van der Waals surface area (Å²) in [7, 11) is 3.15. The lowest BCUT2D eigenvalue weighted by atomic mass is 9.74. The third kappa shape index (κ3) is 2.84. The Kier molecular flexibility index (Phi) is 4.45. The van der Waals surface area contributed by atoms with Crippen molar-refractivity contribution < 1.29 is 14.3 Å². The molecule has 1 fully saturated rings. The maximum atomic E-state index is 12.9. The molecule has 1 aliphatic rings. The molecule has 1 unspecified atom stereocenters. The number of ether oxygens (including phenoxy) is 1. The minimum atomic E-state index is -0.862. The Morgan fingerprint density at radius 2 is 1.88 bits per heavy atom. The summed E-state index contributed by atoms with van der Waals surface area (Å²) in [5.41, 5.74) is 0.987. The van der Waals surface area contributed by atoms with Crippen molar-refractivity contribution in [1.29, 1.82) is 0 Å². The number of rotatable bonds is 4. The van der Waals surface area contributed by atoms with Crippen molar-refractivity contribution in [3.05, 3.63) is 64.1 Å². The quantitative estimate of drug-likeness (QED) is 0.755. The zero-order chi connectivity index (χ0) is 17.3. The van der Waals surface area contributed by atoms with Gasteiger partial charge < -0.3 is 4.74 Å². The molecule has 2 aromatic rings. The predicted octanol–water partition coefficient (Wildman–Crippen LogP) is 3.33. The second-order valence-corrected chi connectivity index (χ2v) is 6.97. The van der Waals surface area contributed by atoms with Crippen LogP contribution >= 0.6 is 15.9 Å². The summed E-state index contributed by atoms with van der Waals surface area (Å²) in [6, 6.07) is 15.3. The molecule has 124 valence electrons. The zero-order valence-corrected chi connectivity index (χ0v) is 15.2. The molecule has 3 rings (SSSR count). The highest BCUT2D eigenvalue weighted by Crippen LogP contribution is 2.40. The number of methoxy groups -OCH3 is 1. The molecule has 1 atom stereocenters. The third-order valence-corrected chi connectivity index (χ3v) is 5.07. The molecule has 0 saturated carbocycles. The molecular weight excluding hydrogens is 370 g/mol. The van der Waals surface area contributed by atoms with Gasteiger partial charge in [-0.3, -0.25) is 14.5 Å². The van der Waals surface area contributed by atoms with E-state index in [-0.39, 0.29) is 18.2 Å². The lowest BCUT2D eigenvalue weighted by Gasteiger charge is -2.27. The van der Waals surface area contributed by atoms with E-state index in [0.29, 0.717) is 6.42 Å². The first-order valence-corrected chi connectivity index (χ1v) is 8.45. The molecule has 1 heterocycles. The molecule has 0 spiro atoms. The summed E-state index contributed by atoms with van der Waals surface area (Å²) < 4.78 is 6.15. The number of hydrogen-bond acceptors (Lipinski definition) is 3. The van der Waals surface area contributed by atoms with Crippen LogP contribution in [-0.2, 0) is 21.4 Å². The number of nitrogens with zero attached hydrogens (tertiary/aromatic N) is 1. The summed E-state index contributed by atoms with van der Waals surface area (Å²) in [6.07, 6.45) is 0.662. The predicted molar refractivity (Wildman–Crippen MR) is 94.9 cm³/mol. The number of amides is 2. The molecule has 1 saturated heterocycles. The van der Waals surface area contributed by atoms with E-state index in [0.717, 1.165) is 21.3 Å². The van der Waals surface area contributed by atoms with Gasteiger partial charge >= 0.3 is 0 Å². The summed E-state index contributed by atoms with van der Waals surface area (Å²) >= 11 is 3.46. The topological polar surface area (TPSA) is 46.6 Å². The van der Waals surface area contributed by atoms with Gasteiger partial charge in [0.25, 0.3) is 0 Å². The second-order valence-electron chi connectivity index (χ2n) is 6.05. The summed E-state index contributed by atoms with van der Waals surface area (Å²) in [5.74, 6) is 0.421. The van der Waals surface area contributed by atoms with E-state index in [1.54, 1.807) is 14.2 Å². The Morgan fingerprint density at radius 1 is 1.17 bits per heavy atom. The number of carbonyl (C=O) groups excluding carboxylic acids is 2. The second kappa shape index (κ2) is 6.40. The number of likely N-dealkylation sites (tertiary alicyclic amines) is 1. The number of halogens is 1. The minimum absolute atomic E-state index is 0.147. The zero-order valence-electron chi connectivity index (χ0n) is 13.6. The monoisotopic (exact) mass is 387 g/mol. The van der Waals surface area contributed by atoms with Gasteiger partial charge in [0.15, 0.2) is 0 Å². The molecule has 0 N–H and O–H groups in total. The van der Waals surface area contributed by atoms with Crippen LogP contribution in [0, 0.1) is 0 Å². The van der Waals surface area contributed by atoms with E-state index in [2.05, 4.69) is 15.9 Å². The van der Waals surface area contributed by atoms with Crippen LogP contribution in [0.3, 0.4) is 0 Å². The SMILES string of the molecule is COc1ccc(C2(Cc3cccc(Br)c3)CC(=O)N(C)C2=O)cc1. The summed E-state index contributed by atoms with van der Waals surface area (Å²) in [4.78, 5) is 26.4. The van der Waals surface area contributed by atoms with E-state index in [1.165, 1.54) is 4.90 Å². The van der Waals surface area contributed by atoms with Crippen molar-refractivity contribution >= 4 is 27.7 Å². The molecular formula is C19H18BrNO3. The Labute approximate surface area is 149 Å². The number of carbonyl (C=O) groups is 2. The Morgan fingerprint density at radius 3 is 2.42 bits per heavy atom. The largest absolute Gasteiger partial charge is 0.497 e. The molecule has 0 aliphatic carbocycles. The van der Waals surface area contributed by atoms with Crippen LogP contribution in [-0.4, -0.2) is 30.9 Å². The van der Waals surface area contributed by atoms with Gasteiger partial charge in [-0.05, 0) is 41.8 Å². The standard InChI is InChI=1S/C19H18BrNO3/c1-21-17(22)12-19(18(21)23,11-13-4-3-5-15(20)10-13)14-6-8-16(24-2)9-7-14/h3-10H,11-12H2,1-2H3. The van der Waals surface area contributed by atoms with Gasteiger partial charge in [-0.25, -0.2) is 0 Å². The van der Waals surface area contributed by atoms with Crippen LogP contribution < -0.4 is 4.74 Å². The van der Waals surface area contributed by atoms with Gasteiger partial charge in [-0.1, -0.05) is 40.2 Å². The molecule has 0 bridgehead atoms. The third-order valence-electron chi connectivity index (χ3n) is 4.58. The van der Waals surface area contributed by atoms with Crippen molar-refractivity contribution in [2.75, 3.05) is 14.2 Å². The van der Waals surface area contributed by atoms with Gasteiger partial charge in [-0.15, -0.1) is 0 Å². The van der Waals surface area contributed by atoms with E-state index in [1.807, 2.05) is 48.5 Å². The van der Waals surface area contributed by atoms with E-state index in [9.17, 15) is 9.59 Å². The summed E-state index contributed by atoms with van der Waals surface area (Å²) in [6.45, 7) is 0. The molecule has 2 aromatic carbocycles. The number of likely N-dealkylation sites (N-methyl/N-ethyl adjacent to an activating group) is 1. The first kappa shape index (κ1) is 16.7. The summed E-state index contributed by atoms with van der Waals surface area (Å²) in [5, 5.41) is 0. The Balaban J connectivity index is 2.07. The molecule has 1 aliphatic heterocycles. The fraction of sp³-hybridized carbons (Fsp3) is 0.263. The molecule has 5 heteroatoms.